The normalized spacial score (nSPS) is 10.5. The van der Waals surface area contributed by atoms with Gasteiger partial charge in [0.15, 0.2) is 0 Å². The number of carbonyl (C=O) groups excluding carboxylic acids is 2. The van der Waals surface area contributed by atoms with Gasteiger partial charge in [0.25, 0.3) is 0 Å². The second-order valence-electron chi connectivity index (χ2n) is 5.87. The minimum atomic E-state index is -0.265. The molecule has 0 aliphatic carbocycles. The van der Waals surface area contributed by atoms with E-state index in [0.29, 0.717) is 36.6 Å². The summed E-state index contributed by atoms with van der Waals surface area (Å²) in [6, 6.07) is 5.14. The summed E-state index contributed by atoms with van der Waals surface area (Å²) in [7, 11) is 0. The van der Waals surface area contributed by atoms with Crippen LogP contribution < -0.4 is 4.74 Å². The summed E-state index contributed by atoms with van der Waals surface area (Å²) in [5.74, 6) is 0.0988. The van der Waals surface area contributed by atoms with Crippen molar-refractivity contribution >= 4 is 23.5 Å². The van der Waals surface area contributed by atoms with E-state index in [4.69, 9.17) is 21.1 Å². The van der Waals surface area contributed by atoms with Crippen LogP contribution in [0.1, 0.15) is 63.9 Å². The largest absolute Gasteiger partial charge is 0.466 e. The number of rotatable bonds is 11. The lowest BCUT2D eigenvalue weighted by Crippen LogP contribution is -2.08. The highest BCUT2D eigenvalue weighted by atomic mass is 35.5. The predicted octanol–water partition coefficient (Wildman–Crippen LogP) is 5.24. The Balaban J connectivity index is 2.09. The van der Waals surface area contributed by atoms with Crippen molar-refractivity contribution in [3.8, 4) is 5.75 Å². The molecule has 0 fully saturated rings. The van der Waals surface area contributed by atoms with Crippen LogP contribution in [0.2, 0.25) is 5.02 Å². The van der Waals surface area contributed by atoms with E-state index in [2.05, 4.69) is 6.92 Å². The molecule has 134 valence electrons. The molecule has 24 heavy (non-hydrogen) atoms. The lowest BCUT2D eigenvalue weighted by atomic mass is 10.1. The third-order valence-corrected chi connectivity index (χ3v) is 4.06. The van der Waals surface area contributed by atoms with Gasteiger partial charge in [0.1, 0.15) is 5.75 Å². The van der Waals surface area contributed by atoms with Gasteiger partial charge in [0.05, 0.1) is 6.61 Å². The molecule has 0 aliphatic heterocycles. The van der Waals surface area contributed by atoms with Gasteiger partial charge in [-0.3, -0.25) is 9.59 Å². The fourth-order valence-corrected chi connectivity index (χ4v) is 2.31. The van der Waals surface area contributed by atoms with Crippen LogP contribution in [0.5, 0.6) is 5.75 Å². The van der Waals surface area contributed by atoms with Crippen molar-refractivity contribution in [3.05, 3.63) is 28.8 Å². The average Bonchev–Trinajstić information content (AvgIpc) is 2.55. The molecule has 0 saturated heterocycles. The number of hydrogen-bond acceptors (Lipinski definition) is 4. The molecule has 0 spiro atoms. The van der Waals surface area contributed by atoms with E-state index < -0.39 is 0 Å². The van der Waals surface area contributed by atoms with Crippen molar-refractivity contribution in [2.75, 3.05) is 6.61 Å². The highest BCUT2D eigenvalue weighted by Crippen LogP contribution is 2.21. The number of carbonyl (C=O) groups is 2. The van der Waals surface area contributed by atoms with Gasteiger partial charge in [0, 0.05) is 17.9 Å². The van der Waals surface area contributed by atoms with Crippen molar-refractivity contribution in [3.63, 3.8) is 0 Å². The molecule has 0 atom stereocenters. The summed E-state index contributed by atoms with van der Waals surface area (Å²) in [5, 5.41) is 0.649. The second-order valence-corrected chi connectivity index (χ2v) is 6.28. The first-order chi connectivity index (χ1) is 11.5. The Hall–Kier alpha value is -1.55. The van der Waals surface area contributed by atoms with E-state index >= 15 is 0 Å². The molecule has 0 unspecified atom stereocenters. The van der Waals surface area contributed by atoms with Crippen molar-refractivity contribution < 1.29 is 19.1 Å². The molecular formula is C19H27ClO4. The van der Waals surface area contributed by atoms with E-state index in [-0.39, 0.29) is 11.9 Å². The Morgan fingerprint density at radius 2 is 1.71 bits per heavy atom. The monoisotopic (exact) mass is 354 g/mol. The maximum atomic E-state index is 11.8. The average molecular weight is 355 g/mol. The molecule has 1 rings (SSSR count). The fourth-order valence-electron chi connectivity index (χ4n) is 2.19. The summed E-state index contributed by atoms with van der Waals surface area (Å²) in [6.07, 6.45) is 6.13. The summed E-state index contributed by atoms with van der Waals surface area (Å²) in [6.45, 7) is 4.49. The van der Waals surface area contributed by atoms with Crippen LogP contribution in [0.25, 0.3) is 0 Å². The molecule has 0 amide bonds. The summed E-state index contributed by atoms with van der Waals surface area (Å²) < 4.78 is 10.4. The number of unbranched alkanes of at least 4 members (excludes halogenated alkanes) is 4. The van der Waals surface area contributed by atoms with Crippen LogP contribution in [-0.2, 0) is 14.3 Å². The molecule has 0 aliphatic rings. The molecule has 1 aromatic rings. The minimum Gasteiger partial charge on any atom is -0.466 e. The minimum absolute atomic E-state index is 0.148. The smallest absolute Gasteiger partial charge is 0.311 e. The van der Waals surface area contributed by atoms with Crippen LogP contribution in [0.4, 0.5) is 0 Å². The first kappa shape index (κ1) is 20.5. The van der Waals surface area contributed by atoms with E-state index in [1.165, 1.54) is 0 Å². The third-order valence-electron chi connectivity index (χ3n) is 3.63. The van der Waals surface area contributed by atoms with Crippen molar-refractivity contribution in [2.24, 2.45) is 0 Å². The SMILES string of the molecule is CCCCCOC(=O)CCCCCC(=O)Oc1ccc(Cl)c(C)c1. The van der Waals surface area contributed by atoms with Crippen LogP contribution in [0.15, 0.2) is 18.2 Å². The van der Waals surface area contributed by atoms with Crippen LogP contribution >= 0.6 is 11.6 Å². The molecule has 0 radical (unpaired) electrons. The van der Waals surface area contributed by atoms with Crippen LogP contribution in [-0.4, -0.2) is 18.5 Å². The number of aryl methyl sites for hydroxylation is 1. The third kappa shape index (κ3) is 8.92. The zero-order valence-electron chi connectivity index (χ0n) is 14.6. The Morgan fingerprint density at radius 3 is 2.38 bits per heavy atom. The molecule has 0 bridgehead atoms. The summed E-state index contributed by atoms with van der Waals surface area (Å²) in [4.78, 5) is 23.2. The molecule has 4 nitrogen and oxygen atoms in total. The van der Waals surface area contributed by atoms with E-state index in [1.54, 1.807) is 18.2 Å². The van der Waals surface area contributed by atoms with Gasteiger partial charge in [-0.1, -0.05) is 37.8 Å². The van der Waals surface area contributed by atoms with Gasteiger partial charge < -0.3 is 9.47 Å². The standard InChI is InChI=1S/C19H27ClO4/c1-3-4-8-13-23-18(21)9-6-5-7-10-19(22)24-16-11-12-17(20)15(2)14-16/h11-12,14H,3-10,13H2,1-2H3. The molecule has 1 aromatic carbocycles. The molecule has 0 heterocycles. The topological polar surface area (TPSA) is 52.6 Å². The van der Waals surface area contributed by atoms with E-state index in [0.717, 1.165) is 37.7 Å². The Kier molecular flexibility index (Phi) is 10.2. The Labute approximate surface area is 149 Å². The lowest BCUT2D eigenvalue weighted by Gasteiger charge is -2.06. The first-order valence-corrected chi connectivity index (χ1v) is 9.03. The maximum Gasteiger partial charge on any atom is 0.311 e. The lowest BCUT2D eigenvalue weighted by molar-refractivity contribution is -0.143. The van der Waals surface area contributed by atoms with Gasteiger partial charge >= 0.3 is 11.9 Å². The highest BCUT2D eigenvalue weighted by molar-refractivity contribution is 6.31. The van der Waals surface area contributed by atoms with E-state index in [1.807, 2.05) is 6.92 Å². The Bertz CT molecular complexity index is 528. The fraction of sp³-hybridized carbons (Fsp3) is 0.579. The molecule has 0 saturated carbocycles. The summed E-state index contributed by atoms with van der Waals surface area (Å²) in [5.41, 5.74) is 0.874. The van der Waals surface area contributed by atoms with Gasteiger partial charge in [-0.2, -0.15) is 0 Å². The number of hydrogen-bond donors (Lipinski definition) is 0. The first-order valence-electron chi connectivity index (χ1n) is 8.65. The maximum absolute atomic E-state index is 11.8. The van der Waals surface area contributed by atoms with E-state index in [9.17, 15) is 9.59 Å². The van der Waals surface area contributed by atoms with Gasteiger partial charge in [0.2, 0.25) is 0 Å². The van der Waals surface area contributed by atoms with Crippen molar-refractivity contribution in [1.82, 2.24) is 0 Å². The molecule has 0 aromatic heterocycles. The van der Waals surface area contributed by atoms with Crippen LogP contribution in [0.3, 0.4) is 0 Å². The Morgan fingerprint density at radius 1 is 1.00 bits per heavy atom. The predicted molar refractivity (Wildman–Crippen MR) is 95.4 cm³/mol. The van der Waals surface area contributed by atoms with Gasteiger partial charge in [-0.25, -0.2) is 0 Å². The number of ether oxygens (including phenoxy) is 2. The number of halogens is 1. The molecule has 0 N–H and O–H groups in total. The highest BCUT2D eigenvalue weighted by Gasteiger charge is 2.07. The van der Waals surface area contributed by atoms with Crippen molar-refractivity contribution in [1.29, 1.82) is 0 Å². The van der Waals surface area contributed by atoms with Gasteiger partial charge in [-0.15, -0.1) is 0 Å². The second kappa shape index (κ2) is 11.9. The zero-order chi connectivity index (χ0) is 17.8. The zero-order valence-corrected chi connectivity index (χ0v) is 15.4. The molecule has 5 heteroatoms. The number of benzene rings is 1. The summed E-state index contributed by atoms with van der Waals surface area (Å²) >= 11 is 5.93. The molecular weight excluding hydrogens is 328 g/mol. The van der Waals surface area contributed by atoms with Crippen LogP contribution in [0, 0.1) is 6.92 Å². The van der Waals surface area contributed by atoms with Crippen molar-refractivity contribution in [2.45, 2.75) is 65.2 Å². The van der Waals surface area contributed by atoms with Gasteiger partial charge in [-0.05, 0) is 49.9 Å². The quantitative estimate of drug-likeness (QED) is 0.310. The number of esters is 2.